The van der Waals surface area contributed by atoms with Crippen LogP contribution in [0.2, 0.25) is 0 Å². The van der Waals surface area contributed by atoms with Crippen molar-refractivity contribution in [3.05, 3.63) is 45.2 Å². The Bertz CT molecular complexity index is 692. The van der Waals surface area contributed by atoms with Gasteiger partial charge in [-0.2, -0.15) is 0 Å². The van der Waals surface area contributed by atoms with Crippen LogP contribution in [0.1, 0.15) is 16.3 Å². The summed E-state index contributed by atoms with van der Waals surface area (Å²) in [5.41, 5.74) is 10.4. The highest BCUT2D eigenvalue weighted by Crippen LogP contribution is 2.29. The number of hydrogen-bond acceptors (Lipinski definition) is 4. The van der Waals surface area contributed by atoms with E-state index in [1.807, 2.05) is 5.38 Å². The van der Waals surface area contributed by atoms with Crippen LogP contribution >= 0.6 is 22.7 Å². The van der Waals surface area contributed by atoms with Crippen LogP contribution in [0.15, 0.2) is 29.0 Å². The van der Waals surface area contributed by atoms with Gasteiger partial charge < -0.3 is 10.3 Å². The van der Waals surface area contributed by atoms with Gasteiger partial charge in [0.2, 0.25) is 0 Å². The number of nitrogen functional groups attached to an aromatic ring is 1. The Labute approximate surface area is 120 Å². The molecule has 3 aromatic heterocycles. The monoisotopic (exact) mass is 289 g/mol. The SMILES string of the molecule is Cc1cc(-c2csc(N)n2)c(C)n1Cc1cccs1. The highest BCUT2D eigenvalue weighted by molar-refractivity contribution is 7.13. The third kappa shape index (κ3) is 2.31. The van der Waals surface area contributed by atoms with Crippen LogP contribution in [0.5, 0.6) is 0 Å². The molecule has 3 rings (SSSR count). The molecule has 0 aliphatic heterocycles. The fraction of sp³-hybridized carbons (Fsp3) is 0.214. The molecule has 2 N–H and O–H groups in total. The second kappa shape index (κ2) is 4.83. The maximum atomic E-state index is 5.72. The molecule has 19 heavy (non-hydrogen) atoms. The van der Waals surface area contributed by atoms with E-state index in [1.165, 1.54) is 33.2 Å². The minimum absolute atomic E-state index is 0.623. The normalized spacial score (nSPS) is 11.1. The lowest BCUT2D eigenvalue weighted by Gasteiger charge is -2.08. The summed E-state index contributed by atoms with van der Waals surface area (Å²) in [6.07, 6.45) is 0. The van der Waals surface area contributed by atoms with Crippen LogP contribution in [-0.2, 0) is 6.54 Å². The summed E-state index contributed by atoms with van der Waals surface area (Å²) >= 11 is 3.28. The Hall–Kier alpha value is -1.59. The Morgan fingerprint density at radius 1 is 1.32 bits per heavy atom. The van der Waals surface area contributed by atoms with Crippen LogP contribution in [0.25, 0.3) is 11.3 Å². The van der Waals surface area contributed by atoms with Crippen molar-refractivity contribution >= 4 is 27.8 Å². The fourth-order valence-electron chi connectivity index (χ4n) is 2.27. The van der Waals surface area contributed by atoms with E-state index in [0.717, 1.165) is 12.2 Å². The first-order valence-corrected chi connectivity index (χ1v) is 7.81. The van der Waals surface area contributed by atoms with Crippen molar-refractivity contribution in [2.75, 3.05) is 5.73 Å². The zero-order valence-corrected chi connectivity index (χ0v) is 12.5. The average molecular weight is 289 g/mol. The van der Waals surface area contributed by atoms with Gasteiger partial charge >= 0.3 is 0 Å². The van der Waals surface area contributed by atoms with Gasteiger partial charge in [-0.25, -0.2) is 4.98 Å². The quantitative estimate of drug-likeness (QED) is 0.794. The fourth-order valence-corrected chi connectivity index (χ4v) is 3.53. The van der Waals surface area contributed by atoms with Crippen molar-refractivity contribution < 1.29 is 0 Å². The van der Waals surface area contributed by atoms with Crippen molar-refractivity contribution in [1.82, 2.24) is 9.55 Å². The molecule has 0 atom stereocenters. The Morgan fingerprint density at radius 3 is 2.79 bits per heavy atom. The first kappa shape index (κ1) is 12.4. The van der Waals surface area contributed by atoms with E-state index >= 15 is 0 Å². The molecule has 0 spiro atoms. The van der Waals surface area contributed by atoms with Crippen LogP contribution in [0.4, 0.5) is 5.13 Å². The Balaban J connectivity index is 2.00. The van der Waals surface area contributed by atoms with Crippen molar-refractivity contribution in [2.45, 2.75) is 20.4 Å². The number of thiophene rings is 1. The zero-order chi connectivity index (χ0) is 13.4. The lowest BCUT2D eigenvalue weighted by Crippen LogP contribution is -2.02. The van der Waals surface area contributed by atoms with Gasteiger partial charge in [-0.15, -0.1) is 22.7 Å². The van der Waals surface area contributed by atoms with E-state index in [1.54, 1.807) is 11.3 Å². The molecular weight excluding hydrogens is 274 g/mol. The van der Waals surface area contributed by atoms with Gasteiger partial charge in [0.25, 0.3) is 0 Å². The summed E-state index contributed by atoms with van der Waals surface area (Å²) in [5, 5.41) is 4.76. The number of anilines is 1. The second-order valence-corrected chi connectivity index (χ2v) is 6.44. The van der Waals surface area contributed by atoms with Gasteiger partial charge in [-0.1, -0.05) is 6.07 Å². The molecule has 0 bridgehead atoms. The summed E-state index contributed by atoms with van der Waals surface area (Å²) in [4.78, 5) is 5.75. The molecule has 0 unspecified atom stereocenters. The van der Waals surface area contributed by atoms with E-state index in [-0.39, 0.29) is 0 Å². The zero-order valence-electron chi connectivity index (χ0n) is 10.9. The second-order valence-electron chi connectivity index (χ2n) is 4.52. The molecule has 0 aliphatic carbocycles. The molecule has 0 amide bonds. The van der Waals surface area contributed by atoms with Gasteiger partial charge in [-0.3, -0.25) is 0 Å². The number of nitrogens with zero attached hydrogens (tertiary/aromatic N) is 2. The van der Waals surface area contributed by atoms with Crippen molar-refractivity contribution in [3.63, 3.8) is 0 Å². The van der Waals surface area contributed by atoms with Gasteiger partial charge in [0, 0.05) is 27.2 Å². The number of aryl methyl sites for hydroxylation is 1. The van der Waals surface area contributed by atoms with Crippen LogP contribution in [-0.4, -0.2) is 9.55 Å². The number of nitrogens with two attached hydrogens (primary N) is 1. The highest BCUT2D eigenvalue weighted by Gasteiger charge is 2.13. The number of thiazole rings is 1. The molecule has 0 aromatic carbocycles. The minimum Gasteiger partial charge on any atom is -0.375 e. The largest absolute Gasteiger partial charge is 0.375 e. The van der Waals surface area contributed by atoms with Crippen molar-refractivity contribution in [1.29, 1.82) is 0 Å². The highest BCUT2D eigenvalue weighted by atomic mass is 32.1. The van der Waals surface area contributed by atoms with Gasteiger partial charge in [0.1, 0.15) is 0 Å². The smallest absolute Gasteiger partial charge is 0.180 e. The van der Waals surface area contributed by atoms with E-state index in [9.17, 15) is 0 Å². The maximum Gasteiger partial charge on any atom is 0.180 e. The summed E-state index contributed by atoms with van der Waals surface area (Å²) < 4.78 is 2.33. The molecule has 3 heterocycles. The molecular formula is C14H15N3S2. The first-order valence-electron chi connectivity index (χ1n) is 6.05. The Morgan fingerprint density at radius 2 is 2.16 bits per heavy atom. The molecule has 0 radical (unpaired) electrons. The topological polar surface area (TPSA) is 43.8 Å². The van der Waals surface area contributed by atoms with E-state index in [4.69, 9.17) is 5.73 Å². The van der Waals surface area contributed by atoms with E-state index in [2.05, 4.69) is 47.0 Å². The predicted octanol–water partition coefficient (Wildman–Crippen LogP) is 3.92. The summed E-state index contributed by atoms with van der Waals surface area (Å²) in [6, 6.07) is 6.46. The van der Waals surface area contributed by atoms with Gasteiger partial charge in [-0.05, 0) is 31.4 Å². The minimum atomic E-state index is 0.623. The summed E-state index contributed by atoms with van der Waals surface area (Å²) in [7, 11) is 0. The average Bonchev–Trinajstić information content (AvgIpc) is 3.07. The first-order chi connectivity index (χ1) is 9.15. The van der Waals surface area contributed by atoms with E-state index in [0.29, 0.717) is 5.13 Å². The Kier molecular flexibility index (Phi) is 3.16. The molecule has 5 heteroatoms. The molecule has 98 valence electrons. The standard InChI is InChI=1S/C14H15N3S2/c1-9-6-12(13-8-19-14(15)16-13)10(2)17(9)7-11-4-3-5-18-11/h3-6,8H,7H2,1-2H3,(H2,15,16). The third-order valence-corrected chi connectivity index (χ3v) is 4.80. The van der Waals surface area contributed by atoms with E-state index < -0.39 is 0 Å². The van der Waals surface area contributed by atoms with Crippen LogP contribution in [0, 0.1) is 13.8 Å². The van der Waals surface area contributed by atoms with Crippen LogP contribution in [0.3, 0.4) is 0 Å². The molecule has 0 saturated heterocycles. The number of hydrogen-bond donors (Lipinski definition) is 1. The van der Waals surface area contributed by atoms with Crippen molar-refractivity contribution in [3.8, 4) is 11.3 Å². The molecule has 3 nitrogen and oxygen atoms in total. The lowest BCUT2D eigenvalue weighted by atomic mass is 10.2. The number of aromatic nitrogens is 2. The molecule has 0 aliphatic rings. The third-order valence-electron chi connectivity index (χ3n) is 3.27. The summed E-state index contributed by atoms with van der Waals surface area (Å²) in [6.45, 7) is 5.21. The maximum absolute atomic E-state index is 5.72. The van der Waals surface area contributed by atoms with Crippen LogP contribution < -0.4 is 5.73 Å². The summed E-state index contributed by atoms with van der Waals surface area (Å²) in [5.74, 6) is 0. The predicted molar refractivity (Wildman–Crippen MR) is 82.8 cm³/mol. The molecule has 3 aromatic rings. The number of rotatable bonds is 3. The van der Waals surface area contributed by atoms with Crippen molar-refractivity contribution in [2.24, 2.45) is 0 Å². The van der Waals surface area contributed by atoms with Gasteiger partial charge in [0.15, 0.2) is 5.13 Å². The lowest BCUT2D eigenvalue weighted by molar-refractivity contribution is 0.760. The molecule has 0 fully saturated rings. The molecule has 0 saturated carbocycles. The van der Waals surface area contributed by atoms with Gasteiger partial charge in [0.05, 0.1) is 12.2 Å².